The molecule has 0 bridgehead atoms. The van der Waals surface area contributed by atoms with Crippen LogP contribution in [0.5, 0.6) is 0 Å². The molecule has 1 rings (SSSR count). The number of hydrazone groups is 1. The number of nitrogens with one attached hydrogen (secondary N) is 1. The predicted octanol–water partition coefficient (Wildman–Crippen LogP) is 2.47. The molecule has 0 aliphatic rings. The Morgan fingerprint density at radius 3 is 2.56 bits per heavy atom. The molecule has 4 nitrogen and oxygen atoms in total. The van der Waals surface area contributed by atoms with Crippen molar-refractivity contribution in [3.8, 4) is 0 Å². The van der Waals surface area contributed by atoms with E-state index in [2.05, 4.69) is 10.5 Å². The van der Waals surface area contributed by atoms with E-state index >= 15 is 0 Å². The van der Waals surface area contributed by atoms with Crippen molar-refractivity contribution in [2.75, 3.05) is 6.61 Å². The van der Waals surface area contributed by atoms with Crippen molar-refractivity contribution in [3.05, 3.63) is 35.4 Å². The van der Waals surface area contributed by atoms with Gasteiger partial charge in [0.25, 0.3) is 0 Å². The second-order valence-electron chi connectivity index (χ2n) is 3.40. The van der Waals surface area contributed by atoms with Crippen LogP contribution in [0.1, 0.15) is 25.0 Å². The number of nitrogens with zero attached hydrogens (tertiary/aromatic N) is 1. The Morgan fingerprint density at radius 1 is 1.38 bits per heavy atom. The smallest absolute Gasteiger partial charge is 0.427 e. The van der Waals surface area contributed by atoms with E-state index in [1.807, 2.05) is 38.1 Å². The van der Waals surface area contributed by atoms with Gasteiger partial charge in [-0.1, -0.05) is 29.8 Å². The maximum absolute atomic E-state index is 11.0. The van der Waals surface area contributed by atoms with Crippen LogP contribution in [0.3, 0.4) is 0 Å². The number of ether oxygens (including phenoxy) is 1. The van der Waals surface area contributed by atoms with E-state index in [1.54, 1.807) is 6.92 Å². The lowest BCUT2D eigenvalue weighted by Gasteiger charge is -2.03. The highest BCUT2D eigenvalue weighted by atomic mass is 16.5. The second-order valence-corrected chi connectivity index (χ2v) is 3.40. The molecule has 0 saturated heterocycles. The maximum Gasteiger partial charge on any atom is 0.427 e. The molecular formula is C12H16N2O2. The summed E-state index contributed by atoms with van der Waals surface area (Å²) < 4.78 is 4.69. The van der Waals surface area contributed by atoms with Gasteiger partial charge in [-0.2, -0.15) is 5.10 Å². The first-order valence-corrected chi connectivity index (χ1v) is 5.17. The zero-order valence-electron chi connectivity index (χ0n) is 9.78. The standard InChI is InChI=1S/C12H16N2O2/c1-4-16-12(15)14-13-10(3)11-7-5-9(2)6-8-11/h5-8H,4H2,1-3H3,(H,14,15)/b13-10+. The van der Waals surface area contributed by atoms with Gasteiger partial charge in [-0.15, -0.1) is 0 Å². The van der Waals surface area contributed by atoms with Crippen LogP contribution in [-0.4, -0.2) is 18.4 Å². The van der Waals surface area contributed by atoms with E-state index in [0.717, 1.165) is 11.3 Å². The molecule has 4 heteroatoms. The Labute approximate surface area is 95.3 Å². The van der Waals surface area contributed by atoms with Crippen LogP contribution in [0.2, 0.25) is 0 Å². The number of aryl methyl sites for hydroxylation is 1. The van der Waals surface area contributed by atoms with E-state index in [0.29, 0.717) is 6.61 Å². The van der Waals surface area contributed by atoms with Gasteiger partial charge < -0.3 is 4.74 Å². The summed E-state index contributed by atoms with van der Waals surface area (Å²) in [6, 6.07) is 7.92. The average Bonchev–Trinajstić information content (AvgIpc) is 2.27. The second kappa shape index (κ2) is 5.90. The van der Waals surface area contributed by atoms with Crippen molar-refractivity contribution in [2.45, 2.75) is 20.8 Å². The van der Waals surface area contributed by atoms with Gasteiger partial charge >= 0.3 is 6.09 Å². The molecule has 16 heavy (non-hydrogen) atoms. The summed E-state index contributed by atoms with van der Waals surface area (Å²) in [5.41, 5.74) is 5.23. The van der Waals surface area contributed by atoms with Crippen LogP contribution in [0, 0.1) is 6.92 Å². The van der Waals surface area contributed by atoms with E-state index in [9.17, 15) is 4.79 Å². The molecule has 0 aliphatic heterocycles. The van der Waals surface area contributed by atoms with Crippen LogP contribution >= 0.6 is 0 Å². The highest BCUT2D eigenvalue weighted by molar-refractivity contribution is 5.99. The Balaban J connectivity index is 2.63. The highest BCUT2D eigenvalue weighted by Gasteiger charge is 2.00. The number of benzene rings is 1. The number of carbonyl (C=O) groups excluding carboxylic acids is 1. The van der Waals surface area contributed by atoms with Gasteiger partial charge in [0.05, 0.1) is 12.3 Å². The van der Waals surface area contributed by atoms with E-state index < -0.39 is 6.09 Å². The molecule has 0 saturated carbocycles. The van der Waals surface area contributed by atoms with Gasteiger partial charge in [0, 0.05) is 0 Å². The van der Waals surface area contributed by atoms with Gasteiger partial charge in [-0.05, 0) is 26.3 Å². The molecular weight excluding hydrogens is 204 g/mol. The van der Waals surface area contributed by atoms with E-state index in [-0.39, 0.29) is 0 Å². The van der Waals surface area contributed by atoms with Crippen LogP contribution in [-0.2, 0) is 4.74 Å². The fourth-order valence-corrected chi connectivity index (χ4v) is 1.15. The summed E-state index contributed by atoms with van der Waals surface area (Å²) in [4.78, 5) is 11.0. The minimum absolute atomic E-state index is 0.338. The minimum Gasteiger partial charge on any atom is -0.449 e. The van der Waals surface area contributed by atoms with Crippen molar-refractivity contribution in [1.29, 1.82) is 0 Å². The van der Waals surface area contributed by atoms with E-state index in [1.165, 1.54) is 5.56 Å². The molecule has 1 N–H and O–H groups in total. The van der Waals surface area contributed by atoms with Gasteiger partial charge in [-0.3, -0.25) is 0 Å². The zero-order valence-corrected chi connectivity index (χ0v) is 9.78. The Hall–Kier alpha value is -1.84. The summed E-state index contributed by atoms with van der Waals surface area (Å²) in [6.07, 6.45) is -0.533. The third kappa shape index (κ3) is 3.73. The predicted molar refractivity (Wildman–Crippen MR) is 63.5 cm³/mol. The largest absolute Gasteiger partial charge is 0.449 e. The number of hydrogen-bond donors (Lipinski definition) is 1. The van der Waals surface area contributed by atoms with Crippen molar-refractivity contribution in [1.82, 2.24) is 5.43 Å². The third-order valence-electron chi connectivity index (χ3n) is 2.06. The number of carbonyl (C=O) groups is 1. The number of rotatable bonds is 3. The lowest BCUT2D eigenvalue weighted by Crippen LogP contribution is -2.20. The molecule has 0 spiro atoms. The Morgan fingerprint density at radius 2 is 2.00 bits per heavy atom. The Kier molecular flexibility index (Phi) is 4.51. The molecule has 0 fully saturated rings. The van der Waals surface area contributed by atoms with Crippen LogP contribution in [0.15, 0.2) is 29.4 Å². The van der Waals surface area contributed by atoms with E-state index in [4.69, 9.17) is 4.74 Å². The van der Waals surface area contributed by atoms with Gasteiger partial charge in [0.2, 0.25) is 0 Å². The van der Waals surface area contributed by atoms with Crippen molar-refractivity contribution in [3.63, 3.8) is 0 Å². The normalized spacial score (nSPS) is 11.1. The molecule has 1 aromatic rings. The first-order chi connectivity index (χ1) is 7.63. The van der Waals surface area contributed by atoms with Crippen molar-refractivity contribution in [2.24, 2.45) is 5.10 Å². The molecule has 0 aliphatic carbocycles. The number of hydrogen-bond acceptors (Lipinski definition) is 3. The highest BCUT2D eigenvalue weighted by Crippen LogP contribution is 2.04. The maximum atomic E-state index is 11.0. The van der Waals surface area contributed by atoms with Gasteiger partial charge in [-0.25, -0.2) is 10.2 Å². The summed E-state index contributed by atoms with van der Waals surface area (Å²) in [5, 5.41) is 3.93. The third-order valence-corrected chi connectivity index (χ3v) is 2.06. The molecule has 86 valence electrons. The monoisotopic (exact) mass is 220 g/mol. The molecule has 0 radical (unpaired) electrons. The van der Waals surface area contributed by atoms with Crippen molar-refractivity contribution >= 4 is 11.8 Å². The average molecular weight is 220 g/mol. The quantitative estimate of drug-likeness (QED) is 0.628. The summed E-state index contributed by atoms with van der Waals surface area (Å²) in [5.74, 6) is 0. The summed E-state index contributed by atoms with van der Waals surface area (Å²) >= 11 is 0. The summed E-state index contributed by atoms with van der Waals surface area (Å²) in [7, 11) is 0. The fraction of sp³-hybridized carbons (Fsp3) is 0.333. The summed E-state index contributed by atoms with van der Waals surface area (Å²) in [6.45, 7) is 5.94. The fourth-order valence-electron chi connectivity index (χ4n) is 1.15. The molecule has 0 heterocycles. The van der Waals surface area contributed by atoms with Crippen LogP contribution < -0.4 is 5.43 Å². The minimum atomic E-state index is -0.533. The molecule has 0 aromatic heterocycles. The molecule has 1 aromatic carbocycles. The SMILES string of the molecule is CCOC(=O)N/N=C(\C)c1ccc(C)cc1. The number of amides is 1. The van der Waals surface area contributed by atoms with Gasteiger partial charge in [0.1, 0.15) is 0 Å². The lowest BCUT2D eigenvalue weighted by atomic mass is 10.1. The molecule has 1 amide bonds. The lowest BCUT2D eigenvalue weighted by molar-refractivity contribution is 0.152. The zero-order chi connectivity index (χ0) is 12.0. The topological polar surface area (TPSA) is 50.7 Å². The first-order valence-electron chi connectivity index (χ1n) is 5.17. The van der Waals surface area contributed by atoms with Crippen molar-refractivity contribution < 1.29 is 9.53 Å². The van der Waals surface area contributed by atoms with Crippen LogP contribution in [0.4, 0.5) is 4.79 Å². The van der Waals surface area contributed by atoms with Gasteiger partial charge in [0.15, 0.2) is 0 Å². The molecule has 0 atom stereocenters. The Bertz CT molecular complexity index is 383. The first kappa shape index (κ1) is 12.2. The van der Waals surface area contributed by atoms with Crippen LogP contribution in [0.25, 0.3) is 0 Å². The molecule has 0 unspecified atom stereocenters.